The molecule has 1 fully saturated rings. The van der Waals surface area contributed by atoms with Crippen molar-refractivity contribution in [2.24, 2.45) is 0 Å². The molecule has 0 unspecified atom stereocenters. The summed E-state index contributed by atoms with van der Waals surface area (Å²) in [6, 6.07) is 6.82. The van der Waals surface area contributed by atoms with Crippen molar-refractivity contribution in [2.75, 3.05) is 0 Å². The summed E-state index contributed by atoms with van der Waals surface area (Å²) < 4.78 is 26.1. The Morgan fingerprint density at radius 2 is 1.42 bits per heavy atom. The van der Waals surface area contributed by atoms with E-state index in [0.29, 0.717) is 16.7 Å². The monoisotopic (exact) mass is 330 g/mol. The average Bonchev–Trinajstić information content (AvgIpc) is 2.56. The molecule has 2 nitrogen and oxygen atoms in total. The summed E-state index contributed by atoms with van der Waals surface area (Å²) in [4.78, 5) is 0. The highest BCUT2D eigenvalue weighted by Gasteiger charge is 2.22. The van der Waals surface area contributed by atoms with Crippen LogP contribution in [-0.2, 0) is 0 Å². The zero-order valence-electron chi connectivity index (χ0n) is 13.3. The van der Waals surface area contributed by atoms with Crippen LogP contribution in [0.25, 0.3) is 12.2 Å². The zero-order chi connectivity index (χ0) is 17.1. The van der Waals surface area contributed by atoms with Crippen molar-refractivity contribution in [3.8, 4) is 11.5 Å². The van der Waals surface area contributed by atoms with Crippen LogP contribution < -0.4 is 0 Å². The van der Waals surface area contributed by atoms with Gasteiger partial charge in [-0.3, -0.25) is 0 Å². The first kappa shape index (κ1) is 16.5. The highest BCUT2D eigenvalue weighted by atomic mass is 19.2. The van der Waals surface area contributed by atoms with Crippen LogP contribution in [0.5, 0.6) is 11.5 Å². The normalized spacial score (nSPS) is 15.9. The fourth-order valence-corrected chi connectivity index (χ4v) is 3.36. The molecule has 24 heavy (non-hydrogen) atoms. The van der Waals surface area contributed by atoms with Gasteiger partial charge in [0.1, 0.15) is 11.5 Å². The van der Waals surface area contributed by atoms with E-state index in [1.54, 1.807) is 24.3 Å². The molecule has 0 heterocycles. The van der Waals surface area contributed by atoms with Gasteiger partial charge >= 0.3 is 0 Å². The molecule has 0 atom stereocenters. The third-order valence-electron chi connectivity index (χ3n) is 4.58. The number of hydrogen-bond acceptors (Lipinski definition) is 2. The van der Waals surface area contributed by atoms with E-state index < -0.39 is 11.6 Å². The van der Waals surface area contributed by atoms with E-state index in [1.807, 2.05) is 0 Å². The fourth-order valence-electron chi connectivity index (χ4n) is 3.36. The van der Waals surface area contributed by atoms with Crippen LogP contribution in [-0.4, -0.2) is 10.2 Å². The first-order chi connectivity index (χ1) is 11.5. The van der Waals surface area contributed by atoms with E-state index in [1.165, 1.54) is 12.5 Å². The molecule has 1 aliphatic carbocycles. The fraction of sp³-hybridized carbons (Fsp3) is 0.300. The number of hydrogen-bond donors (Lipinski definition) is 2. The number of rotatable bonds is 3. The molecule has 0 bridgehead atoms. The van der Waals surface area contributed by atoms with Crippen LogP contribution in [0.1, 0.15) is 54.7 Å². The van der Waals surface area contributed by atoms with Gasteiger partial charge < -0.3 is 10.2 Å². The Bertz CT molecular complexity index is 739. The molecule has 4 heteroatoms. The molecule has 0 saturated heterocycles. The van der Waals surface area contributed by atoms with Crippen molar-refractivity contribution in [3.05, 3.63) is 58.7 Å². The molecule has 3 rings (SSSR count). The van der Waals surface area contributed by atoms with Crippen LogP contribution in [0.15, 0.2) is 30.3 Å². The first-order valence-electron chi connectivity index (χ1n) is 8.23. The Kier molecular flexibility index (Phi) is 4.84. The van der Waals surface area contributed by atoms with Gasteiger partial charge in [-0.1, -0.05) is 37.5 Å². The average molecular weight is 330 g/mol. The quantitative estimate of drug-likeness (QED) is 0.720. The number of benzene rings is 2. The summed E-state index contributed by atoms with van der Waals surface area (Å²) in [5, 5.41) is 20.6. The topological polar surface area (TPSA) is 40.5 Å². The molecule has 0 aromatic heterocycles. The van der Waals surface area contributed by atoms with Crippen molar-refractivity contribution < 1.29 is 19.0 Å². The smallest absolute Gasteiger partial charge is 0.159 e. The molecular weight excluding hydrogens is 310 g/mol. The van der Waals surface area contributed by atoms with Gasteiger partial charge in [0.25, 0.3) is 0 Å². The van der Waals surface area contributed by atoms with E-state index in [4.69, 9.17) is 0 Å². The predicted molar refractivity (Wildman–Crippen MR) is 90.9 cm³/mol. The lowest BCUT2D eigenvalue weighted by molar-refractivity contribution is 0.389. The maximum absolute atomic E-state index is 13.2. The van der Waals surface area contributed by atoms with Gasteiger partial charge in [0.15, 0.2) is 11.6 Å². The van der Waals surface area contributed by atoms with Crippen LogP contribution in [0, 0.1) is 11.6 Å². The molecule has 0 aliphatic heterocycles. The summed E-state index contributed by atoms with van der Waals surface area (Å²) >= 11 is 0. The molecule has 0 radical (unpaired) electrons. The van der Waals surface area contributed by atoms with Crippen molar-refractivity contribution in [3.63, 3.8) is 0 Å². The highest BCUT2D eigenvalue weighted by Crippen LogP contribution is 2.42. The van der Waals surface area contributed by atoms with Crippen molar-refractivity contribution in [2.45, 2.75) is 38.0 Å². The second-order valence-corrected chi connectivity index (χ2v) is 6.31. The molecule has 0 amide bonds. The first-order valence-corrected chi connectivity index (χ1v) is 8.23. The number of halogens is 2. The Morgan fingerprint density at radius 3 is 2.04 bits per heavy atom. The predicted octanol–water partition coefficient (Wildman–Crippen LogP) is 5.59. The van der Waals surface area contributed by atoms with E-state index in [2.05, 4.69) is 0 Å². The summed E-state index contributed by atoms with van der Waals surface area (Å²) in [6.07, 6.45) is 8.64. The minimum Gasteiger partial charge on any atom is -0.507 e. The van der Waals surface area contributed by atoms with E-state index in [9.17, 15) is 19.0 Å². The van der Waals surface area contributed by atoms with Crippen LogP contribution in [0.2, 0.25) is 0 Å². The van der Waals surface area contributed by atoms with Gasteiger partial charge in [0, 0.05) is 5.56 Å². The second kappa shape index (κ2) is 7.04. The van der Waals surface area contributed by atoms with Gasteiger partial charge in [-0.05, 0) is 54.2 Å². The number of phenolic OH excluding ortho intramolecular Hbond substituents is 2. The van der Waals surface area contributed by atoms with Crippen molar-refractivity contribution in [1.29, 1.82) is 0 Å². The Labute approximate surface area is 140 Å². The maximum Gasteiger partial charge on any atom is 0.159 e. The molecule has 0 spiro atoms. The number of aromatic hydroxyl groups is 2. The molecule has 2 aromatic carbocycles. The SMILES string of the molecule is Oc1cc(/C=C/c2ccc(F)c(F)c2)cc(O)c1C1CCCCC1. The Morgan fingerprint density at radius 1 is 0.792 bits per heavy atom. The summed E-state index contributed by atoms with van der Waals surface area (Å²) in [6.45, 7) is 0. The van der Waals surface area contributed by atoms with Crippen LogP contribution in [0.4, 0.5) is 8.78 Å². The Balaban J connectivity index is 1.84. The highest BCUT2D eigenvalue weighted by molar-refractivity contribution is 5.71. The standard InChI is InChI=1S/C20H20F2O2/c21-16-9-8-13(10-17(16)22)6-7-14-11-18(23)20(19(24)12-14)15-4-2-1-3-5-15/h6-12,15,23-24H,1-5H2/b7-6+. The summed E-state index contributed by atoms with van der Waals surface area (Å²) in [5.41, 5.74) is 1.73. The van der Waals surface area contributed by atoms with E-state index >= 15 is 0 Å². The number of phenols is 2. The van der Waals surface area contributed by atoms with Gasteiger partial charge in [-0.2, -0.15) is 0 Å². The van der Waals surface area contributed by atoms with Gasteiger partial charge in [-0.15, -0.1) is 0 Å². The van der Waals surface area contributed by atoms with Crippen LogP contribution >= 0.6 is 0 Å². The lowest BCUT2D eigenvalue weighted by Crippen LogP contribution is -2.05. The summed E-state index contributed by atoms with van der Waals surface area (Å²) in [5.74, 6) is -1.42. The minimum atomic E-state index is -0.907. The molecule has 126 valence electrons. The Hall–Kier alpha value is -2.36. The largest absolute Gasteiger partial charge is 0.507 e. The van der Waals surface area contributed by atoms with E-state index in [0.717, 1.165) is 37.8 Å². The molecule has 1 aliphatic rings. The lowest BCUT2D eigenvalue weighted by atomic mass is 9.83. The maximum atomic E-state index is 13.2. The summed E-state index contributed by atoms with van der Waals surface area (Å²) in [7, 11) is 0. The lowest BCUT2D eigenvalue weighted by Gasteiger charge is -2.23. The van der Waals surface area contributed by atoms with Crippen molar-refractivity contribution >= 4 is 12.2 Å². The second-order valence-electron chi connectivity index (χ2n) is 6.31. The van der Waals surface area contributed by atoms with Crippen LogP contribution in [0.3, 0.4) is 0 Å². The third kappa shape index (κ3) is 3.58. The molecule has 2 aromatic rings. The zero-order valence-corrected chi connectivity index (χ0v) is 13.3. The minimum absolute atomic E-state index is 0.0897. The molecule has 2 N–H and O–H groups in total. The van der Waals surface area contributed by atoms with Gasteiger partial charge in [0.05, 0.1) is 0 Å². The third-order valence-corrected chi connectivity index (χ3v) is 4.58. The van der Waals surface area contributed by atoms with Gasteiger partial charge in [-0.25, -0.2) is 8.78 Å². The molecule has 1 saturated carbocycles. The van der Waals surface area contributed by atoms with E-state index in [-0.39, 0.29) is 17.4 Å². The molecular formula is C20H20F2O2. The van der Waals surface area contributed by atoms with Crippen molar-refractivity contribution in [1.82, 2.24) is 0 Å². The van der Waals surface area contributed by atoms with Gasteiger partial charge in [0.2, 0.25) is 0 Å².